The van der Waals surface area contributed by atoms with E-state index in [1.165, 1.54) is 44.9 Å². The van der Waals surface area contributed by atoms with E-state index in [4.69, 9.17) is 9.47 Å². The highest BCUT2D eigenvalue weighted by atomic mass is 16.5. The molecule has 0 amide bonds. The molecule has 0 spiro atoms. The summed E-state index contributed by atoms with van der Waals surface area (Å²) >= 11 is 0. The van der Waals surface area contributed by atoms with E-state index in [0.717, 1.165) is 45.1 Å². The molecule has 34 heavy (non-hydrogen) atoms. The van der Waals surface area contributed by atoms with Crippen LogP contribution in [-0.2, 0) is 19.1 Å². The smallest absolute Gasteiger partial charge is 0.305 e. The van der Waals surface area contributed by atoms with Gasteiger partial charge in [0.15, 0.2) is 0 Å². The molecule has 5 heteroatoms. The van der Waals surface area contributed by atoms with Gasteiger partial charge in [0.05, 0.1) is 13.2 Å². The van der Waals surface area contributed by atoms with Gasteiger partial charge < -0.3 is 14.4 Å². The summed E-state index contributed by atoms with van der Waals surface area (Å²) in [4.78, 5) is 25.8. The second-order valence-electron chi connectivity index (χ2n) is 9.71. The maximum atomic E-state index is 11.9. The summed E-state index contributed by atoms with van der Waals surface area (Å²) in [5, 5.41) is 0. The Kier molecular flexibility index (Phi) is 23.3. The van der Waals surface area contributed by atoms with Gasteiger partial charge in [-0.2, -0.15) is 0 Å². The van der Waals surface area contributed by atoms with Crippen molar-refractivity contribution in [3.8, 4) is 0 Å². The van der Waals surface area contributed by atoms with Crippen molar-refractivity contribution < 1.29 is 19.1 Å². The maximum Gasteiger partial charge on any atom is 0.305 e. The minimum atomic E-state index is -0.165. The second-order valence-corrected chi connectivity index (χ2v) is 9.71. The average molecular weight is 480 g/mol. The monoisotopic (exact) mass is 479 g/mol. The summed E-state index contributed by atoms with van der Waals surface area (Å²) < 4.78 is 10.6. The first-order valence-corrected chi connectivity index (χ1v) is 13.7. The van der Waals surface area contributed by atoms with Crippen LogP contribution in [0.2, 0.25) is 0 Å². The van der Waals surface area contributed by atoms with Crippen molar-refractivity contribution in [1.82, 2.24) is 4.90 Å². The van der Waals surface area contributed by atoms with Gasteiger partial charge in [-0.25, -0.2) is 0 Å². The van der Waals surface area contributed by atoms with Crippen LogP contribution in [0.3, 0.4) is 0 Å². The summed E-state index contributed by atoms with van der Waals surface area (Å²) in [6, 6.07) is 0. The van der Waals surface area contributed by atoms with Crippen LogP contribution in [0.25, 0.3) is 0 Å². The summed E-state index contributed by atoms with van der Waals surface area (Å²) in [5.74, 6) is -0.283. The van der Waals surface area contributed by atoms with E-state index in [1.807, 2.05) is 21.0 Å². The second kappa shape index (κ2) is 24.5. The van der Waals surface area contributed by atoms with Crippen molar-refractivity contribution in [3.05, 3.63) is 24.3 Å². The van der Waals surface area contributed by atoms with Crippen LogP contribution in [0.5, 0.6) is 0 Å². The quantitative estimate of drug-likeness (QED) is 0.0877. The van der Waals surface area contributed by atoms with Gasteiger partial charge in [0, 0.05) is 18.8 Å². The topological polar surface area (TPSA) is 55.8 Å². The Morgan fingerprint density at radius 2 is 1.21 bits per heavy atom. The largest absolute Gasteiger partial charge is 0.465 e. The molecule has 0 rings (SSSR count). The number of ether oxygens (including phenoxy) is 2. The van der Waals surface area contributed by atoms with Crippen LogP contribution in [0, 0.1) is 5.92 Å². The average Bonchev–Trinajstić information content (AvgIpc) is 2.81. The number of carbonyl (C=O) groups is 2. The molecule has 0 radical (unpaired) electrons. The zero-order valence-electron chi connectivity index (χ0n) is 22.7. The molecule has 1 unspecified atom stereocenters. The Morgan fingerprint density at radius 1 is 0.706 bits per heavy atom. The number of esters is 2. The Labute approximate surface area is 210 Å². The van der Waals surface area contributed by atoms with E-state index >= 15 is 0 Å². The van der Waals surface area contributed by atoms with Gasteiger partial charge >= 0.3 is 11.9 Å². The van der Waals surface area contributed by atoms with Crippen LogP contribution in [-0.4, -0.2) is 50.7 Å². The van der Waals surface area contributed by atoms with Gasteiger partial charge in [0.2, 0.25) is 0 Å². The number of unbranched alkanes of at least 4 members (excludes halogenated alkanes) is 9. The Balaban J connectivity index is 3.50. The van der Waals surface area contributed by atoms with Gasteiger partial charge in [-0.1, -0.05) is 70.3 Å². The molecule has 0 bridgehead atoms. The molecule has 0 saturated carbocycles. The van der Waals surface area contributed by atoms with Crippen molar-refractivity contribution in [1.29, 1.82) is 0 Å². The number of rotatable bonds is 23. The van der Waals surface area contributed by atoms with Gasteiger partial charge in [0.1, 0.15) is 0 Å². The van der Waals surface area contributed by atoms with Crippen molar-refractivity contribution in [3.63, 3.8) is 0 Å². The first-order chi connectivity index (χ1) is 16.5. The van der Waals surface area contributed by atoms with Crippen LogP contribution >= 0.6 is 0 Å². The molecule has 0 aliphatic carbocycles. The Hall–Kier alpha value is -1.62. The molecule has 0 aliphatic rings. The molecule has 0 aromatic rings. The van der Waals surface area contributed by atoms with Crippen LogP contribution in [0.4, 0.5) is 0 Å². The minimum Gasteiger partial charge on any atom is -0.465 e. The predicted molar refractivity (Wildman–Crippen MR) is 143 cm³/mol. The third kappa shape index (κ3) is 25.0. The molecule has 0 N–H and O–H groups in total. The fraction of sp³-hybridized carbons (Fsp3) is 0.793. The van der Waals surface area contributed by atoms with E-state index in [9.17, 15) is 9.59 Å². The zero-order valence-corrected chi connectivity index (χ0v) is 22.7. The lowest BCUT2D eigenvalue weighted by molar-refractivity contribution is -0.148. The highest BCUT2D eigenvalue weighted by molar-refractivity contribution is 5.69. The number of hydrogen-bond acceptors (Lipinski definition) is 5. The van der Waals surface area contributed by atoms with Crippen molar-refractivity contribution in [2.75, 3.05) is 33.9 Å². The predicted octanol–water partition coefficient (Wildman–Crippen LogP) is 7.25. The lowest BCUT2D eigenvalue weighted by atomic mass is 10.1. The Bertz CT molecular complexity index is 542. The molecule has 1 atom stereocenters. The zero-order chi connectivity index (χ0) is 25.3. The van der Waals surface area contributed by atoms with Gasteiger partial charge in [-0.3, -0.25) is 9.59 Å². The molecular formula is C29H53NO4. The number of hydrogen-bond donors (Lipinski definition) is 0. The highest BCUT2D eigenvalue weighted by Crippen LogP contribution is 2.09. The SMILES string of the molecule is CCCCC/C=C\C/C=C\CCCCCCCC(=O)OCC(C)COC(=O)CCCCN(C)C. The lowest BCUT2D eigenvalue weighted by Gasteiger charge is -2.13. The summed E-state index contributed by atoms with van der Waals surface area (Å²) in [6.45, 7) is 5.78. The van der Waals surface area contributed by atoms with Gasteiger partial charge in [0.25, 0.3) is 0 Å². The summed E-state index contributed by atoms with van der Waals surface area (Å²) in [5.41, 5.74) is 0. The van der Waals surface area contributed by atoms with Crippen molar-refractivity contribution in [2.45, 2.75) is 110 Å². The van der Waals surface area contributed by atoms with E-state index < -0.39 is 0 Å². The molecule has 0 fully saturated rings. The summed E-state index contributed by atoms with van der Waals surface area (Å²) in [7, 11) is 4.05. The van der Waals surface area contributed by atoms with E-state index in [-0.39, 0.29) is 17.9 Å². The normalized spacial score (nSPS) is 12.6. The highest BCUT2D eigenvalue weighted by Gasteiger charge is 2.10. The van der Waals surface area contributed by atoms with E-state index in [1.54, 1.807) is 0 Å². The molecule has 0 aromatic carbocycles. The summed E-state index contributed by atoms with van der Waals surface area (Å²) in [6.07, 6.45) is 24.8. The standard InChI is InChI=1S/C29H53NO4/c1-5-6-7-8-9-10-11-12-13-14-15-16-17-18-19-22-28(31)33-25-27(2)26-34-29(32)23-20-21-24-30(3)4/h9-10,12-13,27H,5-8,11,14-26H2,1-4H3/b10-9-,13-12-. The molecule has 0 heterocycles. The lowest BCUT2D eigenvalue weighted by Crippen LogP contribution is -2.19. The molecule has 0 saturated heterocycles. The molecule has 0 aliphatic heterocycles. The fourth-order valence-electron chi connectivity index (χ4n) is 3.44. The first kappa shape index (κ1) is 32.4. The number of carbonyl (C=O) groups excluding carboxylic acids is 2. The molecular weight excluding hydrogens is 426 g/mol. The van der Waals surface area contributed by atoms with Crippen LogP contribution in [0.1, 0.15) is 110 Å². The molecule has 198 valence electrons. The van der Waals surface area contributed by atoms with Crippen LogP contribution in [0.15, 0.2) is 24.3 Å². The van der Waals surface area contributed by atoms with Crippen molar-refractivity contribution in [2.24, 2.45) is 5.92 Å². The maximum absolute atomic E-state index is 11.9. The molecule has 5 nitrogen and oxygen atoms in total. The van der Waals surface area contributed by atoms with E-state index in [2.05, 4.69) is 36.1 Å². The van der Waals surface area contributed by atoms with Gasteiger partial charge in [-0.15, -0.1) is 0 Å². The Morgan fingerprint density at radius 3 is 1.76 bits per heavy atom. The number of allylic oxidation sites excluding steroid dienone is 4. The van der Waals surface area contributed by atoms with E-state index in [0.29, 0.717) is 26.1 Å². The fourth-order valence-corrected chi connectivity index (χ4v) is 3.44. The van der Waals surface area contributed by atoms with Gasteiger partial charge in [-0.05, 0) is 72.0 Å². The van der Waals surface area contributed by atoms with Crippen molar-refractivity contribution >= 4 is 11.9 Å². The molecule has 0 aromatic heterocycles. The third-order valence-electron chi connectivity index (χ3n) is 5.63. The number of nitrogens with zero attached hydrogens (tertiary/aromatic N) is 1. The first-order valence-electron chi connectivity index (χ1n) is 13.7. The third-order valence-corrected chi connectivity index (χ3v) is 5.63. The minimum absolute atomic E-state index is 0.0271. The van der Waals surface area contributed by atoms with Crippen LogP contribution < -0.4 is 0 Å².